The zero-order valence-electron chi connectivity index (χ0n) is 12.7. The predicted octanol–water partition coefficient (Wildman–Crippen LogP) is 4.27. The van der Waals surface area contributed by atoms with Gasteiger partial charge in [0.15, 0.2) is 0 Å². The summed E-state index contributed by atoms with van der Waals surface area (Å²) in [4.78, 5) is 11.0. The molecule has 0 spiro atoms. The van der Waals surface area contributed by atoms with E-state index in [0.29, 0.717) is 12.5 Å². The van der Waals surface area contributed by atoms with E-state index in [2.05, 4.69) is 26.8 Å². The standard InChI is InChI=1S/C17H26O2/c1-11-5-7-15-12(2)6-8-16(17(15)9-11)13(3)10-19-14(4)18/h9,12-13,15H,5-8,10H2,1-4H3/t12-,13?,15-/m0/s1. The summed E-state index contributed by atoms with van der Waals surface area (Å²) in [5, 5.41) is 0. The van der Waals surface area contributed by atoms with Crippen LogP contribution in [0.1, 0.15) is 53.4 Å². The van der Waals surface area contributed by atoms with E-state index in [4.69, 9.17) is 4.74 Å². The van der Waals surface area contributed by atoms with Gasteiger partial charge in [-0.25, -0.2) is 0 Å². The fourth-order valence-electron chi connectivity index (χ4n) is 3.51. The van der Waals surface area contributed by atoms with Crippen molar-refractivity contribution in [3.8, 4) is 0 Å². The molecule has 0 fully saturated rings. The Morgan fingerprint density at radius 2 is 2.16 bits per heavy atom. The molecule has 2 aliphatic rings. The Labute approximate surface area is 116 Å². The fraction of sp³-hybridized carbons (Fsp3) is 0.706. The Balaban J connectivity index is 2.22. The molecule has 1 unspecified atom stereocenters. The topological polar surface area (TPSA) is 26.3 Å². The van der Waals surface area contributed by atoms with Crippen LogP contribution >= 0.6 is 0 Å². The maximum Gasteiger partial charge on any atom is 0.302 e. The molecule has 0 aromatic rings. The van der Waals surface area contributed by atoms with Gasteiger partial charge in [-0.15, -0.1) is 0 Å². The lowest BCUT2D eigenvalue weighted by molar-refractivity contribution is -0.141. The second-order valence-corrected chi connectivity index (χ2v) is 6.34. The van der Waals surface area contributed by atoms with E-state index < -0.39 is 0 Å². The molecule has 106 valence electrons. The molecule has 0 heterocycles. The van der Waals surface area contributed by atoms with Crippen LogP contribution in [-0.2, 0) is 9.53 Å². The molecule has 0 aromatic heterocycles. The van der Waals surface area contributed by atoms with Gasteiger partial charge in [0.2, 0.25) is 0 Å². The van der Waals surface area contributed by atoms with Crippen LogP contribution in [0.5, 0.6) is 0 Å². The molecule has 0 bridgehead atoms. The van der Waals surface area contributed by atoms with Crippen molar-refractivity contribution < 1.29 is 9.53 Å². The maximum atomic E-state index is 11.0. The third kappa shape index (κ3) is 3.29. The Morgan fingerprint density at radius 3 is 2.84 bits per heavy atom. The van der Waals surface area contributed by atoms with Crippen molar-refractivity contribution in [1.29, 1.82) is 0 Å². The summed E-state index contributed by atoms with van der Waals surface area (Å²) in [6, 6.07) is 0. The average molecular weight is 262 g/mol. The van der Waals surface area contributed by atoms with Gasteiger partial charge >= 0.3 is 5.97 Å². The van der Waals surface area contributed by atoms with Crippen molar-refractivity contribution in [2.24, 2.45) is 17.8 Å². The van der Waals surface area contributed by atoms with Gasteiger partial charge in [-0.2, -0.15) is 0 Å². The number of carbonyl (C=O) groups is 1. The van der Waals surface area contributed by atoms with Gasteiger partial charge in [0, 0.05) is 12.8 Å². The summed E-state index contributed by atoms with van der Waals surface area (Å²) in [5.74, 6) is 1.71. The lowest BCUT2D eigenvalue weighted by Gasteiger charge is -2.37. The normalized spacial score (nSPS) is 28.5. The van der Waals surface area contributed by atoms with Crippen molar-refractivity contribution in [2.75, 3.05) is 6.61 Å². The molecule has 0 radical (unpaired) electrons. The number of ether oxygens (including phenoxy) is 1. The second kappa shape index (κ2) is 5.94. The van der Waals surface area contributed by atoms with Crippen molar-refractivity contribution in [1.82, 2.24) is 0 Å². The van der Waals surface area contributed by atoms with Gasteiger partial charge < -0.3 is 4.74 Å². The van der Waals surface area contributed by atoms with E-state index >= 15 is 0 Å². The number of rotatable bonds is 3. The molecule has 2 aliphatic carbocycles. The van der Waals surface area contributed by atoms with Crippen LogP contribution in [0.4, 0.5) is 0 Å². The highest BCUT2D eigenvalue weighted by atomic mass is 16.5. The van der Waals surface area contributed by atoms with E-state index in [-0.39, 0.29) is 5.97 Å². The number of hydrogen-bond donors (Lipinski definition) is 0. The first-order chi connectivity index (χ1) is 8.99. The summed E-state index contributed by atoms with van der Waals surface area (Å²) >= 11 is 0. The van der Waals surface area contributed by atoms with Crippen LogP contribution in [0, 0.1) is 17.8 Å². The smallest absolute Gasteiger partial charge is 0.302 e. The molecule has 0 amide bonds. The number of hydrogen-bond acceptors (Lipinski definition) is 2. The minimum absolute atomic E-state index is 0.173. The third-order valence-electron chi connectivity index (χ3n) is 4.71. The largest absolute Gasteiger partial charge is 0.465 e. The average Bonchev–Trinajstić information content (AvgIpc) is 2.36. The number of fused-ring (bicyclic) bond motifs is 1. The molecule has 0 N–H and O–H groups in total. The summed E-state index contributed by atoms with van der Waals surface area (Å²) in [5.41, 5.74) is 4.59. The van der Waals surface area contributed by atoms with Crippen molar-refractivity contribution in [3.63, 3.8) is 0 Å². The van der Waals surface area contributed by atoms with Gasteiger partial charge in [-0.3, -0.25) is 4.79 Å². The van der Waals surface area contributed by atoms with E-state index in [1.165, 1.54) is 43.8 Å². The van der Waals surface area contributed by atoms with Crippen LogP contribution < -0.4 is 0 Å². The molecule has 0 saturated heterocycles. The quantitative estimate of drug-likeness (QED) is 0.710. The van der Waals surface area contributed by atoms with Gasteiger partial charge in [-0.1, -0.05) is 31.1 Å². The van der Waals surface area contributed by atoms with Gasteiger partial charge in [-0.05, 0) is 50.0 Å². The molecule has 0 aromatic carbocycles. The van der Waals surface area contributed by atoms with E-state index in [1.807, 2.05) is 0 Å². The Morgan fingerprint density at radius 1 is 1.42 bits per heavy atom. The highest BCUT2D eigenvalue weighted by Crippen LogP contribution is 2.44. The first-order valence-electron chi connectivity index (χ1n) is 7.52. The van der Waals surface area contributed by atoms with Crippen molar-refractivity contribution in [3.05, 3.63) is 22.8 Å². The van der Waals surface area contributed by atoms with Crippen molar-refractivity contribution >= 4 is 5.97 Å². The summed E-state index contributed by atoms with van der Waals surface area (Å²) < 4.78 is 5.20. The minimum Gasteiger partial charge on any atom is -0.465 e. The molecule has 2 rings (SSSR count). The monoisotopic (exact) mass is 262 g/mol. The summed E-state index contributed by atoms with van der Waals surface area (Å²) in [6.07, 6.45) is 7.39. The third-order valence-corrected chi connectivity index (χ3v) is 4.71. The zero-order chi connectivity index (χ0) is 14.0. The Bertz CT molecular complexity index is 417. The predicted molar refractivity (Wildman–Crippen MR) is 77.7 cm³/mol. The first kappa shape index (κ1) is 14.4. The second-order valence-electron chi connectivity index (χ2n) is 6.34. The van der Waals surface area contributed by atoms with Crippen LogP contribution in [0.3, 0.4) is 0 Å². The Kier molecular flexibility index (Phi) is 4.49. The fourth-order valence-corrected chi connectivity index (χ4v) is 3.51. The van der Waals surface area contributed by atoms with E-state index in [1.54, 1.807) is 5.57 Å². The van der Waals surface area contributed by atoms with Gasteiger partial charge in [0.25, 0.3) is 0 Å². The molecular formula is C17H26O2. The molecular weight excluding hydrogens is 236 g/mol. The highest BCUT2D eigenvalue weighted by molar-refractivity contribution is 5.65. The summed E-state index contributed by atoms with van der Waals surface area (Å²) in [7, 11) is 0. The van der Waals surface area contributed by atoms with Crippen LogP contribution in [0.25, 0.3) is 0 Å². The number of carbonyl (C=O) groups excluding carboxylic acids is 1. The molecule has 2 heteroatoms. The van der Waals surface area contributed by atoms with Crippen LogP contribution in [0.15, 0.2) is 22.8 Å². The Hall–Kier alpha value is -1.05. The number of allylic oxidation sites excluding steroid dienone is 3. The van der Waals surface area contributed by atoms with Crippen molar-refractivity contribution in [2.45, 2.75) is 53.4 Å². The SMILES string of the molecule is CC(=O)OCC(C)C1=C2C=C(C)CC[C@H]2[C@@H](C)CC1. The first-order valence-corrected chi connectivity index (χ1v) is 7.52. The molecule has 19 heavy (non-hydrogen) atoms. The minimum atomic E-state index is -0.173. The van der Waals surface area contributed by atoms with Gasteiger partial charge in [0.05, 0.1) is 6.61 Å². The van der Waals surface area contributed by atoms with E-state index in [9.17, 15) is 4.79 Å². The molecule has 0 aliphatic heterocycles. The lowest BCUT2D eigenvalue weighted by Crippen LogP contribution is -2.26. The van der Waals surface area contributed by atoms with Crippen LogP contribution in [-0.4, -0.2) is 12.6 Å². The molecule has 0 saturated carbocycles. The zero-order valence-corrected chi connectivity index (χ0v) is 12.7. The van der Waals surface area contributed by atoms with Gasteiger partial charge in [0.1, 0.15) is 0 Å². The van der Waals surface area contributed by atoms with Crippen LogP contribution in [0.2, 0.25) is 0 Å². The highest BCUT2D eigenvalue weighted by Gasteiger charge is 2.31. The lowest BCUT2D eigenvalue weighted by atomic mass is 9.68. The molecule has 3 atom stereocenters. The number of esters is 1. The maximum absolute atomic E-state index is 11.0. The molecule has 2 nitrogen and oxygen atoms in total. The van der Waals surface area contributed by atoms with E-state index in [0.717, 1.165) is 11.8 Å². The summed E-state index contributed by atoms with van der Waals surface area (Å²) in [6.45, 7) is 8.82.